The molecule has 116 valence electrons. The minimum Gasteiger partial charge on any atom is -0.494 e. The van der Waals surface area contributed by atoms with Crippen LogP contribution in [0.1, 0.15) is 25.0 Å². The van der Waals surface area contributed by atoms with E-state index in [9.17, 15) is 0 Å². The van der Waals surface area contributed by atoms with Gasteiger partial charge in [-0.05, 0) is 24.1 Å². The highest BCUT2D eigenvalue weighted by Crippen LogP contribution is 2.10. The second kappa shape index (κ2) is 9.06. The summed E-state index contributed by atoms with van der Waals surface area (Å²) in [6.45, 7) is 6.10. The Morgan fingerprint density at radius 2 is 1.45 bits per heavy atom. The topological polar surface area (TPSA) is 18.5 Å². The van der Waals surface area contributed by atoms with Gasteiger partial charge in [-0.1, -0.05) is 67.6 Å². The number of rotatable bonds is 8. The molecule has 2 heteroatoms. The molecule has 1 atom stereocenters. The molecule has 2 aromatic carbocycles. The Morgan fingerprint density at radius 1 is 0.909 bits per heavy atom. The summed E-state index contributed by atoms with van der Waals surface area (Å²) in [7, 11) is 0. The number of allylic oxidation sites excluding steroid dienone is 1. The highest BCUT2D eigenvalue weighted by molar-refractivity contribution is 5.14. The molecule has 0 amide bonds. The maximum absolute atomic E-state index is 5.77. The van der Waals surface area contributed by atoms with E-state index in [4.69, 9.17) is 9.47 Å². The summed E-state index contributed by atoms with van der Waals surface area (Å²) in [5.41, 5.74) is 2.39. The molecule has 2 rings (SSSR count). The van der Waals surface area contributed by atoms with Gasteiger partial charge in [-0.25, -0.2) is 0 Å². The molecular formula is C20H24O2. The smallest absolute Gasteiger partial charge is 0.113 e. The molecule has 0 N–H and O–H groups in total. The first-order chi connectivity index (χ1) is 10.7. The van der Waals surface area contributed by atoms with Crippen molar-refractivity contribution in [1.29, 1.82) is 0 Å². The van der Waals surface area contributed by atoms with Gasteiger partial charge in [-0.3, -0.25) is 0 Å². The molecule has 0 saturated carbocycles. The van der Waals surface area contributed by atoms with Gasteiger partial charge in [0.1, 0.15) is 6.61 Å². The second-order valence-corrected chi connectivity index (χ2v) is 5.53. The van der Waals surface area contributed by atoms with E-state index >= 15 is 0 Å². The monoisotopic (exact) mass is 296 g/mol. The van der Waals surface area contributed by atoms with Crippen LogP contribution in [0.3, 0.4) is 0 Å². The van der Waals surface area contributed by atoms with Crippen LogP contribution < -0.4 is 0 Å². The highest BCUT2D eigenvalue weighted by atomic mass is 16.5. The van der Waals surface area contributed by atoms with Crippen LogP contribution in [0.15, 0.2) is 72.5 Å². The Kier molecular flexibility index (Phi) is 6.72. The van der Waals surface area contributed by atoms with E-state index in [1.807, 2.05) is 43.3 Å². The Hall–Kier alpha value is -2.06. The van der Waals surface area contributed by atoms with Crippen LogP contribution in [-0.4, -0.2) is 6.61 Å². The normalized spacial score (nSPS) is 12.9. The van der Waals surface area contributed by atoms with Crippen LogP contribution in [-0.2, 0) is 22.7 Å². The van der Waals surface area contributed by atoms with Gasteiger partial charge in [0.2, 0.25) is 0 Å². The third kappa shape index (κ3) is 6.15. The van der Waals surface area contributed by atoms with Gasteiger partial charge in [0.05, 0.1) is 19.0 Å². The average molecular weight is 296 g/mol. The Balaban J connectivity index is 1.69. The number of ether oxygens (including phenoxy) is 2. The second-order valence-electron chi connectivity index (χ2n) is 5.53. The summed E-state index contributed by atoms with van der Waals surface area (Å²) in [4.78, 5) is 0. The van der Waals surface area contributed by atoms with Crippen molar-refractivity contribution in [1.82, 2.24) is 0 Å². The van der Waals surface area contributed by atoms with Gasteiger partial charge < -0.3 is 9.47 Å². The SMILES string of the molecule is C/C(=C\[C@H](C)COCc1ccccc1)OCc1ccccc1. The van der Waals surface area contributed by atoms with Crippen LogP contribution in [0.4, 0.5) is 0 Å². The zero-order valence-electron chi connectivity index (χ0n) is 13.4. The number of hydrogen-bond donors (Lipinski definition) is 0. The van der Waals surface area contributed by atoms with Crippen molar-refractivity contribution in [3.05, 3.63) is 83.6 Å². The van der Waals surface area contributed by atoms with E-state index in [1.165, 1.54) is 11.1 Å². The lowest BCUT2D eigenvalue weighted by Crippen LogP contribution is -2.05. The molecule has 2 nitrogen and oxygen atoms in total. The molecule has 22 heavy (non-hydrogen) atoms. The Morgan fingerprint density at radius 3 is 2.05 bits per heavy atom. The minimum absolute atomic E-state index is 0.333. The highest BCUT2D eigenvalue weighted by Gasteiger charge is 2.01. The van der Waals surface area contributed by atoms with E-state index in [-0.39, 0.29) is 0 Å². The summed E-state index contributed by atoms with van der Waals surface area (Å²) in [5.74, 6) is 1.28. The first-order valence-corrected chi connectivity index (χ1v) is 7.71. The van der Waals surface area contributed by atoms with Crippen LogP contribution in [0, 0.1) is 5.92 Å². The zero-order chi connectivity index (χ0) is 15.6. The summed E-state index contributed by atoms with van der Waals surface area (Å²) in [6, 6.07) is 20.4. The Labute approximate surface area is 133 Å². The fourth-order valence-corrected chi connectivity index (χ4v) is 2.21. The summed E-state index contributed by atoms with van der Waals surface area (Å²) in [6.07, 6.45) is 2.12. The van der Waals surface area contributed by atoms with E-state index in [1.54, 1.807) is 0 Å². The van der Waals surface area contributed by atoms with Gasteiger partial charge in [-0.2, -0.15) is 0 Å². The van der Waals surface area contributed by atoms with Gasteiger partial charge in [0.15, 0.2) is 0 Å². The lowest BCUT2D eigenvalue weighted by atomic mass is 10.1. The third-order valence-electron chi connectivity index (χ3n) is 3.32. The van der Waals surface area contributed by atoms with Crippen molar-refractivity contribution < 1.29 is 9.47 Å². The lowest BCUT2D eigenvalue weighted by molar-refractivity contribution is 0.102. The average Bonchev–Trinajstić information content (AvgIpc) is 2.55. The number of hydrogen-bond acceptors (Lipinski definition) is 2. The van der Waals surface area contributed by atoms with Crippen molar-refractivity contribution in [2.45, 2.75) is 27.1 Å². The molecule has 2 aromatic rings. The largest absolute Gasteiger partial charge is 0.494 e. The third-order valence-corrected chi connectivity index (χ3v) is 3.32. The summed E-state index contributed by atoms with van der Waals surface area (Å²) >= 11 is 0. The van der Waals surface area contributed by atoms with Crippen LogP contribution >= 0.6 is 0 Å². The molecule has 0 spiro atoms. The molecule has 0 saturated heterocycles. The van der Waals surface area contributed by atoms with Gasteiger partial charge in [0.25, 0.3) is 0 Å². The lowest BCUT2D eigenvalue weighted by Gasteiger charge is -2.11. The fourth-order valence-electron chi connectivity index (χ4n) is 2.21. The van der Waals surface area contributed by atoms with Crippen LogP contribution in [0.25, 0.3) is 0 Å². The molecule has 0 aliphatic heterocycles. The predicted molar refractivity (Wildman–Crippen MR) is 90.3 cm³/mol. The molecule has 0 unspecified atom stereocenters. The molecule has 0 aliphatic carbocycles. The minimum atomic E-state index is 0.333. The van der Waals surface area contributed by atoms with Crippen molar-refractivity contribution in [2.75, 3.05) is 6.61 Å². The molecule has 0 heterocycles. The molecule has 0 fully saturated rings. The molecule has 0 radical (unpaired) electrons. The van der Waals surface area contributed by atoms with Crippen molar-refractivity contribution in [3.8, 4) is 0 Å². The quantitative estimate of drug-likeness (QED) is 0.641. The van der Waals surface area contributed by atoms with E-state index in [2.05, 4.69) is 37.3 Å². The van der Waals surface area contributed by atoms with Gasteiger partial charge in [0, 0.05) is 5.92 Å². The molecule has 0 aromatic heterocycles. The van der Waals surface area contributed by atoms with E-state index in [0.717, 1.165) is 5.76 Å². The maximum Gasteiger partial charge on any atom is 0.113 e. The van der Waals surface area contributed by atoms with E-state index in [0.29, 0.717) is 25.7 Å². The molecular weight excluding hydrogens is 272 g/mol. The standard InChI is InChI=1S/C20H24O2/c1-17(14-21-15-19-9-5-3-6-10-19)13-18(2)22-16-20-11-7-4-8-12-20/h3-13,17H,14-16H2,1-2H3/b18-13+/t17-/m0/s1. The first-order valence-electron chi connectivity index (χ1n) is 7.71. The first kappa shape index (κ1) is 16.3. The molecule has 0 aliphatic rings. The van der Waals surface area contributed by atoms with Crippen LogP contribution in [0.5, 0.6) is 0 Å². The Bertz CT molecular complexity index is 561. The predicted octanol–water partition coefficient (Wildman–Crippen LogP) is 4.96. The van der Waals surface area contributed by atoms with Crippen molar-refractivity contribution >= 4 is 0 Å². The summed E-state index contributed by atoms with van der Waals surface area (Å²) < 4.78 is 11.5. The number of benzene rings is 2. The maximum atomic E-state index is 5.77. The van der Waals surface area contributed by atoms with Crippen molar-refractivity contribution in [2.24, 2.45) is 5.92 Å². The fraction of sp³-hybridized carbons (Fsp3) is 0.300. The molecule has 0 bridgehead atoms. The van der Waals surface area contributed by atoms with Crippen LogP contribution in [0.2, 0.25) is 0 Å². The van der Waals surface area contributed by atoms with Crippen molar-refractivity contribution in [3.63, 3.8) is 0 Å². The zero-order valence-corrected chi connectivity index (χ0v) is 13.4. The van der Waals surface area contributed by atoms with Gasteiger partial charge in [-0.15, -0.1) is 0 Å². The summed E-state index contributed by atoms with van der Waals surface area (Å²) in [5, 5.41) is 0. The van der Waals surface area contributed by atoms with E-state index < -0.39 is 0 Å². The van der Waals surface area contributed by atoms with Gasteiger partial charge >= 0.3 is 0 Å².